The fraction of sp³-hybridized carbons (Fsp3) is 0. The molecule has 1 N–H and O–H groups in total. The Hall–Kier alpha value is -1.82. The Morgan fingerprint density at radius 2 is 2.12 bits per heavy atom. The second-order valence-corrected chi connectivity index (χ2v) is 3.73. The van der Waals surface area contributed by atoms with Gasteiger partial charge in [0, 0.05) is 6.20 Å². The molecule has 80 valence electrons. The van der Waals surface area contributed by atoms with E-state index >= 15 is 0 Å². The summed E-state index contributed by atoms with van der Waals surface area (Å²) in [5, 5.41) is 2.66. The summed E-state index contributed by atoms with van der Waals surface area (Å²) >= 11 is 3.15. The Balaban J connectivity index is 2.12. The predicted molar refractivity (Wildman–Crippen MR) is 61.9 cm³/mol. The van der Waals surface area contributed by atoms with Crippen molar-refractivity contribution in [2.75, 3.05) is 5.32 Å². The zero-order valence-electron chi connectivity index (χ0n) is 8.09. The third-order valence-corrected chi connectivity index (χ3v) is 2.18. The van der Waals surface area contributed by atoms with Crippen LogP contribution in [0.3, 0.4) is 0 Å². The summed E-state index contributed by atoms with van der Waals surface area (Å²) in [4.78, 5) is 23.4. The smallest absolute Gasteiger partial charge is 0.275 e. The van der Waals surface area contributed by atoms with E-state index < -0.39 is 0 Å². The summed E-state index contributed by atoms with van der Waals surface area (Å²) in [5.41, 5.74) is 0.879. The van der Waals surface area contributed by atoms with Crippen molar-refractivity contribution in [3.63, 3.8) is 0 Å². The number of aromatic nitrogens is 3. The molecule has 0 atom stereocenters. The van der Waals surface area contributed by atoms with Crippen molar-refractivity contribution in [3.8, 4) is 0 Å². The van der Waals surface area contributed by atoms with Gasteiger partial charge in [0.15, 0.2) is 0 Å². The lowest BCUT2D eigenvalue weighted by Gasteiger charge is -2.02. The van der Waals surface area contributed by atoms with Crippen LogP contribution in [0.5, 0.6) is 0 Å². The molecular formula is C10H7BrN4O. The highest BCUT2D eigenvalue weighted by Crippen LogP contribution is 2.07. The van der Waals surface area contributed by atoms with Gasteiger partial charge < -0.3 is 5.32 Å². The van der Waals surface area contributed by atoms with Gasteiger partial charge in [0.25, 0.3) is 5.91 Å². The molecule has 2 rings (SSSR count). The van der Waals surface area contributed by atoms with Crippen LogP contribution in [0.2, 0.25) is 0 Å². The van der Waals surface area contributed by atoms with E-state index in [4.69, 9.17) is 0 Å². The molecule has 0 fully saturated rings. The van der Waals surface area contributed by atoms with E-state index in [9.17, 15) is 4.79 Å². The summed E-state index contributed by atoms with van der Waals surface area (Å²) in [6.07, 6.45) is 6.06. The Labute approximate surface area is 100 Å². The van der Waals surface area contributed by atoms with E-state index in [1.54, 1.807) is 24.5 Å². The Morgan fingerprint density at radius 3 is 2.75 bits per heavy atom. The van der Waals surface area contributed by atoms with Crippen molar-refractivity contribution in [2.24, 2.45) is 0 Å². The predicted octanol–water partition coefficient (Wildman–Crippen LogP) is 1.89. The lowest BCUT2D eigenvalue weighted by molar-refractivity contribution is 0.102. The molecule has 0 saturated carbocycles. The van der Waals surface area contributed by atoms with Crippen LogP contribution in [0.15, 0.2) is 41.5 Å². The number of nitrogens with one attached hydrogen (secondary N) is 1. The van der Waals surface area contributed by atoms with Gasteiger partial charge in [0.1, 0.15) is 10.3 Å². The van der Waals surface area contributed by atoms with E-state index in [0.717, 1.165) is 0 Å². The molecule has 0 bridgehead atoms. The molecule has 6 heteroatoms. The Morgan fingerprint density at radius 1 is 1.25 bits per heavy atom. The van der Waals surface area contributed by atoms with Gasteiger partial charge in [-0.25, -0.2) is 9.97 Å². The molecule has 2 aromatic heterocycles. The number of carbonyl (C=O) groups excluding carboxylic acids is 1. The van der Waals surface area contributed by atoms with E-state index in [0.29, 0.717) is 10.3 Å². The fourth-order valence-electron chi connectivity index (χ4n) is 1.06. The minimum Gasteiger partial charge on any atom is -0.319 e. The summed E-state index contributed by atoms with van der Waals surface area (Å²) in [6, 6.07) is 3.49. The average molecular weight is 279 g/mol. The highest BCUT2D eigenvalue weighted by molar-refractivity contribution is 9.10. The Bertz CT molecular complexity index is 486. The van der Waals surface area contributed by atoms with Crippen LogP contribution >= 0.6 is 15.9 Å². The maximum absolute atomic E-state index is 11.7. The van der Waals surface area contributed by atoms with Crippen LogP contribution in [0, 0.1) is 0 Å². The molecule has 0 aliphatic rings. The zero-order chi connectivity index (χ0) is 11.4. The third-order valence-electron chi connectivity index (χ3n) is 1.77. The normalized spacial score (nSPS) is 9.81. The van der Waals surface area contributed by atoms with Crippen LogP contribution in [0.4, 0.5) is 5.69 Å². The number of carbonyl (C=O) groups is 1. The summed E-state index contributed by atoms with van der Waals surface area (Å²) in [5.74, 6) is -0.312. The topological polar surface area (TPSA) is 67.8 Å². The lowest BCUT2D eigenvalue weighted by atomic mass is 10.3. The zero-order valence-corrected chi connectivity index (χ0v) is 9.68. The number of hydrogen-bond donors (Lipinski definition) is 1. The summed E-state index contributed by atoms with van der Waals surface area (Å²) in [7, 11) is 0. The second-order valence-electron chi connectivity index (χ2n) is 2.92. The first-order valence-electron chi connectivity index (χ1n) is 4.44. The molecule has 0 spiro atoms. The molecule has 0 saturated heterocycles. The van der Waals surface area contributed by atoms with Gasteiger partial charge in [0.05, 0.1) is 24.3 Å². The number of nitrogens with zero attached hydrogens (tertiary/aromatic N) is 3. The monoisotopic (exact) mass is 278 g/mol. The van der Waals surface area contributed by atoms with Gasteiger partial charge in [-0.3, -0.25) is 9.78 Å². The summed E-state index contributed by atoms with van der Waals surface area (Å²) < 4.78 is 0.588. The maximum atomic E-state index is 11.7. The maximum Gasteiger partial charge on any atom is 0.275 e. The fourth-order valence-corrected chi connectivity index (χ4v) is 1.27. The Kier molecular flexibility index (Phi) is 3.21. The molecule has 0 unspecified atom stereocenters. The average Bonchev–Trinajstić information content (AvgIpc) is 2.31. The van der Waals surface area contributed by atoms with Gasteiger partial charge in [-0.2, -0.15) is 0 Å². The lowest BCUT2D eigenvalue weighted by Crippen LogP contribution is -2.13. The highest BCUT2D eigenvalue weighted by Gasteiger charge is 2.07. The molecule has 2 heterocycles. The molecular weight excluding hydrogens is 272 g/mol. The van der Waals surface area contributed by atoms with Crippen molar-refractivity contribution < 1.29 is 4.79 Å². The molecule has 0 radical (unpaired) electrons. The van der Waals surface area contributed by atoms with Crippen LogP contribution in [0.25, 0.3) is 0 Å². The largest absolute Gasteiger partial charge is 0.319 e. The first kappa shape index (κ1) is 10.7. The van der Waals surface area contributed by atoms with Crippen molar-refractivity contribution in [3.05, 3.63) is 47.2 Å². The molecule has 1 amide bonds. The molecule has 0 aliphatic carbocycles. The van der Waals surface area contributed by atoms with Crippen molar-refractivity contribution in [2.45, 2.75) is 0 Å². The first-order valence-corrected chi connectivity index (χ1v) is 5.24. The van der Waals surface area contributed by atoms with Crippen LogP contribution in [-0.2, 0) is 0 Å². The van der Waals surface area contributed by atoms with Crippen LogP contribution < -0.4 is 5.32 Å². The van der Waals surface area contributed by atoms with Crippen molar-refractivity contribution in [1.82, 2.24) is 15.0 Å². The third kappa shape index (κ3) is 2.60. The molecule has 16 heavy (non-hydrogen) atoms. The second kappa shape index (κ2) is 4.80. The standard InChI is InChI=1S/C10H7BrN4O/c11-9-6-13-8(5-14-9)10(16)15-7-2-1-3-12-4-7/h1-6H,(H,15,16). The number of hydrogen-bond acceptors (Lipinski definition) is 4. The first-order chi connectivity index (χ1) is 7.75. The van der Waals surface area contributed by atoms with E-state index in [-0.39, 0.29) is 11.6 Å². The quantitative estimate of drug-likeness (QED) is 0.911. The SMILES string of the molecule is O=C(Nc1cccnc1)c1cnc(Br)cn1. The minimum atomic E-state index is -0.312. The van der Waals surface area contributed by atoms with E-state index in [1.807, 2.05) is 0 Å². The van der Waals surface area contributed by atoms with Crippen molar-refractivity contribution >= 4 is 27.5 Å². The van der Waals surface area contributed by atoms with Crippen molar-refractivity contribution in [1.29, 1.82) is 0 Å². The van der Waals surface area contributed by atoms with E-state index in [2.05, 4.69) is 36.2 Å². The molecule has 0 aromatic carbocycles. The van der Waals surface area contributed by atoms with Gasteiger partial charge in [0.2, 0.25) is 0 Å². The van der Waals surface area contributed by atoms with Gasteiger partial charge in [-0.15, -0.1) is 0 Å². The highest BCUT2D eigenvalue weighted by atomic mass is 79.9. The molecule has 5 nitrogen and oxygen atoms in total. The molecule has 2 aromatic rings. The van der Waals surface area contributed by atoms with Crippen LogP contribution in [0.1, 0.15) is 10.5 Å². The number of amides is 1. The number of pyridine rings is 1. The minimum absolute atomic E-state index is 0.257. The summed E-state index contributed by atoms with van der Waals surface area (Å²) in [6.45, 7) is 0. The van der Waals surface area contributed by atoms with Gasteiger partial charge in [-0.05, 0) is 28.1 Å². The van der Waals surface area contributed by atoms with E-state index in [1.165, 1.54) is 12.4 Å². The number of rotatable bonds is 2. The number of anilines is 1. The van der Waals surface area contributed by atoms with Crippen LogP contribution in [-0.4, -0.2) is 20.9 Å². The van der Waals surface area contributed by atoms with Gasteiger partial charge in [-0.1, -0.05) is 0 Å². The van der Waals surface area contributed by atoms with Gasteiger partial charge >= 0.3 is 0 Å². The molecule has 0 aliphatic heterocycles. The number of halogens is 1.